The highest BCUT2D eigenvalue weighted by Gasteiger charge is 2.07. The van der Waals surface area contributed by atoms with Crippen LogP contribution in [0.1, 0.15) is 6.92 Å². The van der Waals surface area contributed by atoms with E-state index in [0.717, 1.165) is 0 Å². The van der Waals surface area contributed by atoms with Gasteiger partial charge in [0, 0.05) is 5.69 Å². The number of benzene rings is 1. The number of hydrogen-bond donors (Lipinski definition) is 3. The van der Waals surface area contributed by atoms with E-state index in [-0.39, 0.29) is 24.9 Å². The Hall–Kier alpha value is -1.79. The van der Waals surface area contributed by atoms with E-state index in [1.54, 1.807) is 31.2 Å². The maximum atomic E-state index is 11.3. The van der Waals surface area contributed by atoms with Crippen LogP contribution in [0.5, 0.6) is 5.75 Å². The quantitative estimate of drug-likeness (QED) is 0.715. The van der Waals surface area contributed by atoms with Crippen LogP contribution in [0, 0.1) is 0 Å². The number of hydrogen-bond acceptors (Lipinski definition) is 4. The van der Waals surface area contributed by atoms with Gasteiger partial charge in [0.15, 0.2) is 6.61 Å². The smallest absolute Gasteiger partial charge is 0.255 e. The first-order valence-electron chi connectivity index (χ1n) is 5.06. The van der Waals surface area contributed by atoms with Crippen molar-refractivity contribution in [2.75, 3.05) is 11.9 Å². The molecule has 0 aliphatic carbocycles. The van der Waals surface area contributed by atoms with E-state index in [9.17, 15) is 9.59 Å². The van der Waals surface area contributed by atoms with Crippen LogP contribution in [0.3, 0.4) is 0 Å². The second-order valence-corrected chi connectivity index (χ2v) is 3.56. The van der Waals surface area contributed by atoms with Gasteiger partial charge in [-0.05, 0) is 31.2 Å². The van der Waals surface area contributed by atoms with E-state index >= 15 is 0 Å². The van der Waals surface area contributed by atoms with Gasteiger partial charge in [0.2, 0.25) is 5.91 Å². The van der Waals surface area contributed by atoms with Crippen molar-refractivity contribution in [3.63, 3.8) is 0 Å². The zero-order valence-corrected chi connectivity index (χ0v) is 10.7. The third-order valence-corrected chi connectivity index (χ3v) is 1.92. The van der Waals surface area contributed by atoms with Crippen molar-refractivity contribution in [2.24, 2.45) is 11.5 Å². The first-order chi connectivity index (χ1) is 7.99. The summed E-state index contributed by atoms with van der Waals surface area (Å²) in [5, 5.41) is 2.62. The summed E-state index contributed by atoms with van der Waals surface area (Å²) in [5.74, 6) is -0.308. The van der Waals surface area contributed by atoms with Crippen molar-refractivity contribution in [1.29, 1.82) is 0 Å². The van der Waals surface area contributed by atoms with Gasteiger partial charge in [0.1, 0.15) is 5.75 Å². The molecule has 0 aliphatic rings. The van der Waals surface area contributed by atoms with Gasteiger partial charge < -0.3 is 21.5 Å². The van der Waals surface area contributed by atoms with Gasteiger partial charge in [-0.15, -0.1) is 12.4 Å². The lowest BCUT2D eigenvalue weighted by molar-refractivity contribution is -0.120. The summed E-state index contributed by atoms with van der Waals surface area (Å²) in [6, 6.07) is 5.98. The second kappa shape index (κ2) is 7.52. The van der Waals surface area contributed by atoms with Crippen LogP contribution in [-0.2, 0) is 9.59 Å². The number of amides is 2. The third-order valence-electron chi connectivity index (χ3n) is 1.92. The summed E-state index contributed by atoms with van der Waals surface area (Å²) in [4.78, 5) is 21.8. The molecule has 0 radical (unpaired) electrons. The summed E-state index contributed by atoms with van der Waals surface area (Å²) < 4.78 is 5.06. The molecule has 18 heavy (non-hydrogen) atoms. The van der Waals surface area contributed by atoms with Gasteiger partial charge in [0.05, 0.1) is 6.04 Å². The highest BCUT2D eigenvalue weighted by molar-refractivity contribution is 5.94. The van der Waals surface area contributed by atoms with Gasteiger partial charge in [-0.3, -0.25) is 9.59 Å². The predicted octanol–water partition coefficient (Wildman–Crippen LogP) is 0.258. The minimum absolute atomic E-state index is 0. The summed E-state index contributed by atoms with van der Waals surface area (Å²) in [6.07, 6.45) is 0. The Morgan fingerprint density at radius 2 is 1.89 bits per heavy atom. The Balaban J connectivity index is 0.00000289. The van der Waals surface area contributed by atoms with Crippen LogP contribution < -0.4 is 21.5 Å². The number of nitrogens with two attached hydrogens (primary N) is 2. The normalized spacial score (nSPS) is 11.0. The zero-order chi connectivity index (χ0) is 12.8. The van der Waals surface area contributed by atoms with Crippen LogP contribution in [0.25, 0.3) is 0 Å². The maximum Gasteiger partial charge on any atom is 0.255 e. The lowest BCUT2D eigenvalue weighted by atomic mass is 10.2. The molecule has 0 saturated heterocycles. The first-order valence-corrected chi connectivity index (χ1v) is 5.06. The molecule has 7 heteroatoms. The fourth-order valence-electron chi connectivity index (χ4n) is 1.05. The Morgan fingerprint density at radius 3 is 2.33 bits per heavy atom. The van der Waals surface area contributed by atoms with Crippen LogP contribution in [0.4, 0.5) is 5.69 Å². The standard InChI is InChI=1S/C11H15N3O3.ClH/c1-7(12)11(16)14-8-2-4-9(5-3-8)17-6-10(13)15;/h2-5,7H,6,12H2,1H3,(H2,13,15)(H,14,16);1H/t7-;/m1./s1. The van der Waals surface area contributed by atoms with E-state index in [4.69, 9.17) is 16.2 Å². The van der Waals surface area contributed by atoms with Crippen LogP contribution >= 0.6 is 12.4 Å². The van der Waals surface area contributed by atoms with Gasteiger partial charge in [0.25, 0.3) is 5.91 Å². The lowest BCUT2D eigenvalue weighted by Gasteiger charge is -2.08. The van der Waals surface area contributed by atoms with Crippen molar-refractivity contribution in [3.05, 3.63) is 24.3 Å². The molecule has 6 nitrogen and oxygen atoms in total. The molecule has 100 valence electrons. The molecule has 0 spiro atoms. The molecule has 0 fully saturated rings. The fraction of sp³-hybridized carbons (Fsp3) is 0.273. The Morgan fingerprint density at radius 1 is 1.33 bits per heavy atom. The van der Waals surface area contributed by atoms with Crippen molar-refractivity contribution in [1.82, 2.24) is 0 Å². The molecular formula is C11H16ClN3O3. The predicted molar refractivity (Wildman–Crippen MR) is 70.7 cm³/mol. The average molecular weight is 274 g/mol. The molecule has 1 atom stereocenters. The number of carbonyl (C=O) groups is 2. The first kappa shape index (κ1) is 16.2. The minimum Gasteiger partial charge on any atom is -0.484 e. The van der Waals surface area contributed by atoms with Gasteiger partial charge in [-0.2, -0.15) is 0 Å². The zero-order valence-electron chi connectivity index (χ0n) is 9.88. The summed E-state index contributed by atoms with van der Waals surface area (Å²) >= 11 is 0. The number of nitrogens with one attached hydrogen (secondary N) is 1. The average Bonchev–Trinajstić information content (AvgIpc) is 2.28. The summed E-state index contributed by atoms with van der Waals surface area (Å²) in [5.41, 5.74) is 11.0. The molecular weight excluding hydrogens is 258 g/mol. The van der Waals surface area contributed by atoms with Gasteiger partial charge in [-0.1, -0.05) is 0 Å². The van der Waals surface area contributed by atoms with E-state index in [2.05, 4.69) is 5.32 Å². The van der Waals surface area contributed by atoms with Crippen LogP contribution in [0.15, 0.2) is 24.3 Å². The molecule has 0 saturated carbocycles. The molecule has 5 N–H and O–H groups in total. The lowest BCUT2D eigenvalue weighted by Crippen LogP contribution is -2.32. The number of ether oxygens (including phenoxy) is 1. The molecule has 0 bridgehead atoms. The van der Waals surface area contributed by atoms with E-state index in [1.165, 1.54) is 0 Å². The van der Waals surface area contributed by atoms with E-state index in [0.29, 0.717) is 11.4 Å². The van der Waals surface area contributed by atoms with Crippen molar-refractivity contribution < 1.29 is 14.3 Å². The SMILES string of the molecule is C[C@@H](N)C(=O)Nc1ccc(OCC(N)=O)cc1.Cl. The minimum atomic E-state index is -0.569. The molecule has 0 heterocycles. The number of primary amides is 1. The van der Waals surface area contributed by atoms with Gasteiger partial charge >= 0.3 is 0 Å². The topological polar surface area (TPSA) is 107 Å². The molecule has 0 unspecified atom stereocenters. The Kier molecular flexibility index (Phi) is 6.77. The number of carbonyl (C=O) groups excluding carboxylic acids is 2. The van der Waals surface area contributed by atoms with Crippen molar-refractivity contribution >= 4 is 29.9 Å². The largest absolute Gasteiger partial charge is 0.484 e. The fourth-order valence-corrected chi connectivity index (χ4v) is 1.05. The number of anilines is 1. The van der Waals surface area contributed by atoms with Crippen molar-refractivity contribution in [2.45, 2.75) is 13.0 Å². The number of rotatable bonds is 5. The third kappa shape index (κ3) is 5.51. The van der Waals surface area contributed by atoms with Crippen molar-refractivity contribution in [3.8, 4) is 5.75 Å². The molecule has 0 aliphatic heterocycles. The molecule has 1 rings (SSSR count). The summed E-state index contributed by atoms with van der Waals surface area (Å²) in [6.45, 7) is 1.42. The molecule has 1 aromatic rings. The molecule has 1 aromatic carbocycles. The van der Waals surface area contributed by atoms with E-state index < -0.39 is 11.9 Å². The van der Waals surface area contributed by atoms with Gasteiger partial charge in [-0.25, -0.2) is 0 Å². The van der Waals surface area contributed by atoms with E-state index in [1.807, 2.05) is 0 Å². The molecule has 2 amide bonds. The van der Waals surface area contributed by atoms with Crippen LogP contribution in [-0.4, -0.2) is 24.5 Å². The Labute approximate surface area is 111 Å². The maximum absolute atomic E-state index is 11.3. The summed E-state index contributed by atoms with van der Waals surface area (Å²) in [7, 11) is 0. The molecule has 0 aromatic heterocycles. The monoisotopic (exact) mass is 273 g/mol. The Bertz CT molecular complexity index is 406. The highest BCUT2D eigenvalue weighted by atomic mass is 35.5. The highest BCUT2D eigenvalue weighted by Crippen LogP contribution is 2.15. The number of halogens is 1. The second-order valence-electron chi connectivity index (χ2n) is 3.56. The van der Waals surface area contributed by atoms with Crippen LogP contribution in [0.2, 0.25) is 0 Å².